The molecule has 0 fully saturated rings. The van der Waals surface area contributed by atoms with Gasteiger partial charge in [0, 0.05) is 11.8 Å². The third-order valence-electron chi connectivity index (χ3n) is 2.95. The van der Waals surface area contributed by atoms with Crippen LogP contribution in [-0.4, -0.2) is 27.8 Å². The number of ether oxygens (including phenoxy) is 1. The van der Waals surface area contributed by atoms with Gasteiger partial charge in [0.1, 0.15) is 0 Å². The minimum atomic E-state index is -0.332. The Morgan fingerprint density at radius 1 is 1.33 bits per heavy atom. The molecule has 2 N–H and O–H groups in total. The van der Waals surface area contributed by atoms with Gasteiger partial charge < -0.3 is 10.5 Å². The Kier molecular flexibility index (Phi) is 4.85. The van der Waals surface area contributed by atoms with Crippen LogP contribution in [0.25, 0.3) is 0 Å². The van der Waals surface area contributed by atoms with E-state index in [2.05, 4.69) is 14.9 Å². The van der Waals surface area contributed by atoms with Crippen molar-refractivity contribution in [2.24, 2.45) is 0 Å². The lowest BCUT2D eigenvalue weighted by Crippen LogP contribution is -2.07. The van der Waals surface area contributed by atoms with Crippen molar-refractivity contribution in [3.63, 3.8) is 0 Å². The van der Waals surface area contributed by atoms with Crippen LogP contribution in [0.5, 0.6) is 0 Å². The molecule has 0 aliphatic rings. The number of benzene rings is 1. The summed E-state index contributed by atoms with van der Waals surface area (Å²) in [5.74, 6) is 0.821. The van der Waals surface area contributed by atoms with E-state index in [1.54, 1.807) is 23.9 Å². The molecule has 0 aliphatic carbocycles. The maximum absolute atomic E-state index is 11.4. The molecular formula is C14H18N4O2S. The van der Waals surface area contributed by atoms with Gasteiger partial charge in [-0.1, -0.05) is 23.9 Å². The van der Waals surface area contributed by atoms with E-state index in [4.69, 9.17) is 5.73 Å². The molecule has 1 aromatic carbocycles. The largest absolute Gasteiger partial charge is 0.465 e. The van der Waals surface area contributed by atoms with Gasteiger partial charge in [-0.15, -0.1) is 10.2 Å². The van der Waals surface area contributed by atoms with Crippen molar-refractivity contribution in [1.82, 2.24) is 14.8 Å². The van der Waals surface area contributed by atoms with E-state index >= 15 is 0 Å². The Morgan fingerprint density at radius 3 is 2.57 bits per heavy atom. The summed E-state index contributed by atoms with van der Waals surface area (Å²) in [5, 5.41) is 8.79. The maximum Gasteiger partial charge on any atom is 0.337 e. The van der Waals surface area contributed by atoms with Crippen LogP contribution in [0.2, 0.25) is 0 Å². The van der Waals surface area contributed by atoms with E-state index in [9.17, 15) is 4.79 Å². The molecule has 1 heterocycles. The number of nitrogen functional groups attached to an aromatic ring is 1. The number of methoxy groups -OCH3 is 1. The van der Waals surface area contributed by atoms with Crippen LogP contribution in [0.4, 0.5) is 5.95 Å². The molecule has 0 saturated carbocycles. The SMILES string of the molecule is COC(=O)c1ccc(CSc2nnc(N)n2C(C)C)cc1. The highest BCUT2D eigenvalue weighted by Crippen LogP contribution is 2.25. The summed E-state index contributed by atoms with van der Waals surface area (Å²) in [6.45, 7) is 4.07. The smallest absolute Gasteiger partial charge is 0.337 e. The fraction of sp³-hybridized carbons (Fsp3) is 0.357. The van der Waals surface area contributed by atoms with Crippen molar-refractivity contribution in [3.05, 3.63) is 35.4 Å². The molecule has 0 atom stereocenters. The fourth-order valence-corrected chi connectivity index (χ4v) is 2.91. The Morgan fingerprint density at radius 2 is 2.00 bits per heavy atom. The highest BCUT2D eigenvalue weighted by molar-refractivity contribution is 7.98. The predicted octanol–water partition coefficient (Wildman–Crippen LogP) is 2.52. The molecule has 2 rings (SSSR count). The second-order valence-electron chi connectivity index (χ2n) is 4.78. The fourth-order valence-electron chi connectivity index (χ4n) is 1.87. The molecule has 0 aliphatic heterocycles. The number of thioether (sulfide) groups is 1. The molecule has 7 heteroatoms. The number of hydrogen-bond donors (Lipinski definition) is 1. The lowest BCUT2D eigenvalue weighted by Gasteiger charge is -2.11. The molecule has 1 aromatic heterocycles. The van der Waals surface area contributed by atoms with Gasteiger partial charge in [0.05, 0.1) is 12.7 Å². The zero-order chi connectivity index (χ0) is 15.4. The summed E-state index contributed by atoms with van der Waals surface area (Å²) >= 11 is 1.56. The van der Waals surface area contributed by atoms with Crippen molar-refractivity contribution in [2.45, 2.75) is 30.8 Å². The summed E-state index contributed by atoms with van der Waals surface area (Å²) in [6, 6.07) is 7.52. The number of nitrogens with two attached hydrogens (primary N) is 1. The molecule has 0 unspecified atom stereocenters. The molecule has 0 spiro atoms. The topological polar surface area (TPSA) is 83.0 Å². The van der Waals surface area contributed by atoms with E-state index in [1.165, 1.54) is 7.11 Å². The normalized spacial score (nSPS) is 10.9. The first-order chi connectivity index (χ1) is 10.0. The van der Waals surface area contributed by atoms with E-state index in [-0.39, 0.29) is 12.0 Å². The summed E-state index contributed by atoms with van der Waals surface area (Å²) in [5.41, 5.74) is 7.43. The summed E-state index contributed by atoms with van der Waals surface area (Å²) in [7, 11) is 1.37. The van der Waals surface area contributed by atoms with Gasteiger partial charge in [-0.25, -0.2) is 4.79 Å². The van der Waals surface area contributed by atoms with Crippen LogP contribution in [0.15, 0.2) is 29.4 Å². The van der Waals surface area contributed by atoms with Crippen LogP contribution < -0.4 is 5.73 Å². The highest BCUT2D eigenvalue weighted by atomic mass is 32.2. The lowest BCUT2D eigenvalue weighted by atomic mass is 10.1. The van der Waals surface area contributed by atoms with Crippen molar-refractivity contribution < 1.29 is 9.53 Å². The van der Waals surface area contributed by atoms with Gasteiger partial charge in [-0.2, -0.15) is 0 Å². The first-order valence-electron chi connectivity index (χ1n) is 6.53. The number of hydrogen-bond acceptors (Lipinski definition) is 6. The monoisotopic (exact) mass is 306 g/mol. The predicted molar refractivity (Wildman–Crippen MR) is 82.2 cm³/mol. The van der Waals surface area contributed by atoms with Gasteiger partial charge in [0.2, 0.25) is 5.95 Å². The highest BCUT2D eigenvalue weighted by Gasteiger charge is 2.13. The third kappa shape index (κ3) is 3.55. The van der Waals surface area contributed by atoms with Gasteiger partial charge in [-0.3, -0.25) is 4.57 Å². The van der Waals surface area contributed by atoms with Crippen LogP contribution >= 0.6 is 11.8 Å². The van der Waals surface area contributed by atoms with Crippen LogP contribution in [0.1, 0.15) is 35.8 Å². The molecule has 0 bridgehead atoms. The van der Waals surface area contributed by atoms with Crippen molar-refractivity contribution in [1.29, 1.82) is 0 Å². The minimum absolute atomic E-state index is 0.212. The van der Waals surface area contributed by atoms with E-state index < -0.39 is 0 Å². The molecule has 6 nitrogen and oxygen atoms in total. The molecular weight excluding hydrogens is 288 g/mol. The maximum atomic E-state index is 11.4. The lowest BCUT2D eigenvalue weighted by molar-refractivity contribution is 0.0600. The van der Waals surface area contributed by atoms with Crippen LogP contribution in [0.3, 0.4) is 0 Å². The molecule has 0 radical (unpaired) electrons. The number of rotatable bonds is 5. The number of carbonyl (C=O) groups is 1. The van der Waals surface area contributed by atoms with E-state index in [0.29, 0.717) is 11.5 Å². The van der Waals surface area contributed by atoms with Crippen molar-refractivity contribution in [3.8, 4) is 0 Å². The molecule has 2 aromatic rings. The number of anilines is 1. The van der Waals surface area contributed by atoms with Crippen molar-refractivity contribution >= 4 is 23.7 Å². The van der Waals surface area contributed by atoms with Gasteiger partial charge in [0.15, 0.2) is 5.16 Å². The van der Waals surface area contributed by atoms with Crippen molar-refractivity contribution in [2.75, 3.05) is 12.8 Å². The first-order valence-corrected chi connectivity index (χ1v) is 7.52. The van der Waals surface area contributed by atoms with Gasteiger partial charge >= 0.3 is 5.97 Å². The zero-order valence-electron chi connectivity index (χ0n) is 12.2. The second kappa shape index (κ2) is 6.62. The summed E-state index contributed by atoms with van der Waals surface area (Å²) in [6.07, 6.45) is 0. The second-order valence-corrected chi connectivity index (χ2v) is 5.72. The first kappa shape index (κ1) is 15.4. The van der Waals surface area contributed by atoms with Crippen LogP contribution in [0, 0.1) is 0 Å². The Hall–Kier alpha value is -2.02. The van der Waals surface area contributed by atoms with Gasteiger partial charge in [-0.05, 0) is 31.5 Å². The summed E-state index contributed by atoms with van der Waals surface area (Å²) < 4.78 is 6.57. The standard InChI is InChI=1S/C14H18N4O2S/c1-9(2)18-13(15)16-17-14(18)21-8-10-4-6-11(7-5-10)12(19)20-3/h4-7,9H,8H2,1-3H3,(H2,15,16). The molecule has 112 valence electrons. The number of esters is 1. The van der Waals surface area contributed by atoms with E-state index in [0.717, 1.165) is 16.5 Å². The van der Waals surface area contributed by atoms with Gasteiger partial charge in [0.25, 0.3) is 0 Å². The molecule has 21 heavy (non-hydrogen) atoms. The number of aromatic nitrogens is 3. The summed E-state index contributed by atoms with van der Waals surface area (Å²) in [4.78, 5) is 11.4. The Labute approximate surface area is 127 Å². The molecule has 0 saturated heterocycles. The Bertz CT molecular complexity index is 622. The van der Waals surface area contributed by atoms with E-state index in [1.807, 2.05) is 30.5 Å². The van der Waals surface area contributed by atoms with Crippen LogP contribution in [-0.2, 0) is 10.5 Å². The molecule has 0 amide bonds. The quantitative estimate of drug-likeness (QED) is 0.675. The minimum Gasteiger partial charge on any atom is -0.465 e. The zero-order valence-corrected chi connectivity index (χ0v) is 13.1. The third-order valence-corrected chi connectivity index (χ3v) is 3.96. The number of carbonyl (C=O) groups excluding carboxylic acids is 1. The average Bonchev–Trinajstić information content (AvgIpc) is 2.86. The number of nitrogens with zero attached hydrogens (tertiary/aromatic N) is 3. The Balaban J connectivity index is 2.05. The average molecular weight is 306 g/mol.